The van der Waals surface area contributed by atoms with Gasteiger partial charge in [-0.15, -0.1) is 11.3 Å². The number of aliphatic carboxylic acids is 1. The molecule has 0 saturated carbocycles. The molecule has 0 spiro atoms. The summed E-state index contributed by atoms with van der Waals surface area (Å²) in [6, 6.07) is 0. The molecular formula is C11H16N2O3S. The van der Waals surface area contributed by atoms with Crippen molar-refractivity contribution in [2.24, 2.45) is 5.92 Å². The van der Waals surface area contributed by atoms with Crippen molar-refractivity contribution in [3.05, 3.63) is 16.6 Å². The number of amides is 1. The van der Waals surface area contributed by atoms with E-state index in [0.29, 0.717) is 19.4 Å². The quantitative estimate of drug-likeness (QED) is 0.770. The van der Waals surface area contributed by atoms with Gasteiger partial charge in [-0.2, -0.15) is 0 Å². The van der Waals surface area contributed by atoms with E-state index in [1.54, 1.807) is 13.1 Å². The minimum absolute atomic E-state index is 0.0451. The van der Waals surface area contributed by atoms with Crippen LogP contribution in [0.15, 0.2) is 11.6 Å². The first kappa shape index (κ1) is 13.6. The second-order valence-corrected chi connectivity index (χ2v) is 4.91. The van der Waals surface area contributed by atoms with Crippen LogP contribution in [-0.4, -0.2) is 28.5 Å². The standard InChI is InChI=1S/C11H16N2O3S/c1-8(6-11(15)16)7-13-9(14)2-3-10-12-4-5-17-10/h4-5,8H,2-3,6-7H2,1H3,(H,13,14)(H,15,16). The zero-order valence-electron chi connectivity index (χ0n) is 9.68. The molecule has 94 valence electrons. The van der Waals surface area contributed by atoms with Crippen LogP contribution in [0.4, 0.5) is 0 Å². The fourth-order valence-electron chi connectivity index (χ4n) is 1.34. The van der Waals surface area contributed by atoms with Gasteiger partial charge in [-0.1, -0.05) is 6.92 Å². The molecule has 1 aromatic heterocycles. The van der Waals surface area contributed by atoms with E-state index in [-0.39, 0.29) is 18.2 Å². The van der Waals surface area contributed by atoms with Crippen LogP contribution in [0.2, 0.25) is 0 Å². The summed E-state index contributed by atoms with van der Waals surface area (Å²) in [6.07, 6.45) is 2.82. The summed E-state index contributed by atoms with van der Waals surface area (Å²) in [7, 11) is 0. The van der Waals surface area contributed by atoms with Crippen molar-refractivity contribution in [3.8, 4) is 0 Å². The monoisotopic (exact) mass is 256 g/mol. The number of hydrogen-bond donors (Lipinski definition) is 2. The van der Waals surface area contributed by atoms with E-state index in [1.807, 2.05) is 5.38 Å². The third-order valence-electron chi connectivity index (χ3n) is 2.22. The van der Waals surface area contributed by atoms with Gasteiger partial charge in [-0.3, -0.25) is 9.59 Å². The smallest absolute Gasteiger partial charge is 0.303 e. The van der Waals surface area contributed by atoms with Crippen LogP contribution < -0.4 is 5.32 Å². The summed E-state index contributed by atoms with van der Waals surface area (Å²) < 4.78 is 0. The van der Waals surface area contributed by atoms with Crippen LogP contribution in [0.1, 0.15) is 24.8 Å². The highest BCUT2D eigenvalue weighted by Crippen LogP contribution is 2.06. The average molecular weight is 256 g/mol. The van der Waals surface area contributed by atoms with Gasteiger partial charge in [0.25, 0.3) is 0 Å². The number of aryl methyl sites for hydroxylation is 1. The first-order valence-corrected chi connectivity index (χ1v) is 6.32. The molecule has 1 atom stereocenters. The number of hydrogen-bond acceptors (Lipinski definition) is 4. The molecule has 0 aliphatic rings. The number of carboxylic acid groups (broad SMARTS) is 1. The Morgan fingerprint density at radius 1 is 1.59 bits per heavy atom. The SMILES string of the molecule is CC(CNC(=O)CCc1nccs1)CC(=O)O. The molecule has 5 nitrogen and oxygen atoms in total. The summed E-state index contributed by atoms with van der Waals surface area (Å²) >= 11 is 1.53. The molecule has 6 heteroatoms. The minimum atomic E-state index is -0.838. The van der Waals surface area contributed by atoms with E-state index in [9.17, 15) is 9.59 Å². The minimum Gasteiger partial charge on any atom is -0.481 e. The van der Waals surface area contributed by atoms with Crippen LogP contribution >= 0.6 is 11.3 Å². The van der Waals surface area contributed by atoms with Gasteiger partial charge in [0.15, 0.2) is 0 Å². The molecule has 1 aromatic rings. The van der Waals surface area contributed by atoms with Crippen molar-refractivity contribution < 1.29 is 14.7 Å². The Hall–Kier alpha value is -1.43. The lowest BCUT2D eigenvalue weighted by Gasteiger charge is -2.09. The van der Waals surface area contributed by atoms with Gasteiger partial charge in [-0.05, 0) is 5.92 Å². The van der Waals surface area contributed by atoms with Crippen LogP contribution in [0.3, 0.4) is 0 Å². The van der Waals surface area contributed by atoms with E-state index >= 15 is 0 Å². The highest BCUT2D eigenvalue weighted by atomic mass is 32.1. The number of carbonyl (C=O) groups is 2. The second-order valence-electron chi connectivity index (χ2n) is 3.93. The van der Waals surface area contributed by atoms with Crippen LogP contribution in [0.25, 0.3) is 0 Å². The molecule has 1 heterocycles. The summed E-state index contributed by atoms with van der Waals surface area (Å²) in [4.78, 5) is 25.9. The van der Waals surface area contributed by atoms with Gasteiger partial charge in [0.05, 0.1) is 5.01 Å². The van der Waals surface area contributed by atoms with Gasteiger partial charge < -0.3 is 10.4 Å². The Bertz CT molecular complexity index is 365. The Balaban J connectivity index is 2.15. The Morgan fingerprint density at radius 3 is 2.94 bits per heavy atom. The first-order valence-electron chi connectivity index (χ1n) is 5.44. The summed E-state index contributed by atoms with van der Waals surface area (Å²) in [5, 5.41) is 14.1. The van der Waals surface area contributed by atoms with Crippen molar-refractivity contribution in [1.82, 2.24) is 10.3 Å². The molecule has 17 heavy (non-hydrogen) atoms. The zero-order chi connectivity index (χ0) is 12.7. The van der Waals surface area contributed by atoms with E-state index in [1.165, 1.54) is 11.3 Å². The van der Waals surface area contributed by atoms with Gasteiger partial charge in [-0.25, -0.2) is 4.98 Å². The molecule has 0 bridgehead atoms. The van der Waals surface area contributed by atoms with Crippen LogP contribution in [0.5, 0.6) is 0 Å². The number of aromatic nitrogens is 1. The van der Waals surface area contributed by atoms with Gasteiger partial charge in [0.1, 0.15) is 0 Å². The molecule has 0 aromatic carbocycles. The molecule has 1 unspecified atom stereocenters. The summed E-state index contributed by atoms with van der Waals surface area (Å²) in [5.74, 6) is -0.941. The van der Waals surface area contributed by atoms with Crippen LogP contribution in [-0.2, 0) is 16.0 Å². The second kappa shape index (κ2) is 7.01. The maximum atomic E-state index is 11.4. The molecular weight excluding hydrogens is 240 g/mol. The largest absolute Gasteiger partial charge is 0.481 e. The predicted molar refractivity (Wildman–Crippen MR) is 64.9 cm³/mol. The maximum Gasteiger partial charge on any atom is 0.303 e. The lowest BCUT2D eigenvalue weighted by molar-refractivity contribution is -0.138. The topological polar surface area (TPSA) is 79.3 Å². The van der Waals surface area contributed by atoms with Crippen molar-refractivity contribution in [2.75, 3.05) is 6.54 Å². The molecule has 0 aliphatic heterocycles. The Labute approximate surface area is 104 Å². The summed E-state index contributed by atoms with van der Waals surface area (Å²) in [6.45, 7) is 2.21. The van der Waals surface area contributed by atoms with E-state index in [0.717, 1.165) is 5.01 Å². The molecule has 0 saturated heterocycles. The maximum absolute atomic E-state index is 11.4. The molecule has 2 N–H and O–H groups in total. The molecule has 0 fully saturated rings. The molecule has 0 radical (unpaired) electrons. The van der Waals surface area contributed by atoms with Crippen LogP contribution in [0, 0.1) is 5.92 Å². The molecule has 1 rings (SSSR count). The highest BCUT2D eigenvalue weighted by molar-refractivity contribution is 7.09. The van der Waals surface area contributed by atoms with Gasteiger partial charge in [0.2, 0.25) is 5.91 Å². The average Bonchev–Trinajstić information content (AvgIpc) is 2.75. The van der Waals surface area contributed by atoms with Crippen molar-refractivity contribution in [1.29, 1.82) is 0 Å². The highest BCUT2D eigenvalue weighted by Gasteiger charge is 2.09. The zero-order valence-corrected chi connectivity index (χ0v) is 10.5. The van der Waals surface area contributed by atoms with Gasteiger partial charge in [0, 0.05) is 37.4 Å². The Morgan fingerprint density at radius 2 is 2.35 bits per heavy atom. The van der Waals surface area contributed by atoms with E-state index in [4.69, 9.17) is 5.11 Å². The van der Waals surface area contributed by atoms with Gasteiger partial charge >= 0.3 is 5.97 Å². The fraction of sp³-hybridized carbons (Fsp3) is 0.545. The fourth-order valence-corrected chi connectivity index (χ4v) is 1.96. The first-order chi connectivity index (χ1) is 8.08. The number of carboxylic acids is 1. The van der Waals surface area contributed by atoms with E-state index in [2.05, 4.69) is 10.3 Å². The third-order valence-corrected chi connectivity index (χ3v) is 3.06. The number of carbonyl (C=O) groups excluding carboxylic acids is 1. The predicted octanol–water partition coefficient (Wildman–Crippen LogP) is 1.30. The summed E-state index contributed by atoms with van der Waals surface area (Å²) in [5.41, 5.74) is 0. The van der Waals surface area contributed by atoms with E-state index < -0.39 is 5.97 Å². The third kappa shape index (κ3) is 6.01. The lowest BCUT2D eigenvalue weighted by atomic mass is 10.1. The Kier molecular flexibility index (Phi) is 5.62. The van der Waals surface area contributed by atoms with Crippen molar-refractivity contribution in [3.63, 3.8) is 0 Å². The normalized spacial score (nSPS) is 12.1. The molecule has 0 aliphatic carbocycles. The van der Waals surface area contributed by atoms with Crippen molar-refractivity contribution in [2.45, 2.75) is 26.2 Å². The number of nitrogens with zero attached hydrogens (tertiary/aromatic N) is 1. The number of rotatable bonds is 7. The number of nitrogens with one attached hydrogen (secondary N) is 1. The molecule has 1 amide bonds. The van der Waals surface area contributed by atoms with Crippen molar-refractivity contribution >= 4 is 23.2 Å². The lowest BCUT2D eigenvalue weighted by Crippen LogP contribution is -2.29. The number of thiazole rings is 1.